The van der Waals surface area contributed by atoms with Crippen LogP contribution >= 0.6 is 0 Å². The number of benzene rings is 1. The van der Waals surface area contributed by atoms with Gasteiger partial charge in [-0.3, -0.25) is 0 Å². The van der Waals surface area contributed by atoms with Crippen LogP contribution in [0, 0.1) is 5.92 Å². The molecule has 0 aliphatic heterocycles. The van der Waals surface area contributed by atoms with E-state index in [2.05, 4.69) is 31.2 Å². The molecule has 0 radical (unpaired) electrons. The van der Waals surface area contributed by atoms with E-state index in [1.165, 1.54) is 24.0 Å². The van der Waals surface area contributed by atoms with Crippen LogP contribution in [-0.4, -0.2) is 6.54 Å². The Morgan fingerprint density at radius 3 is 2.36 bits per heavy atom. The highest BCUT2D eigenvalue weighted by Gasteiger charge is 2.30. The lowest BCUT2D eigenvalue weighted by atomic mass is 9.70. The van der Waals surface area contributed by atoms with Crippen LogP contribution in [0.25, 0.3) is 0 Å². The molecule has 2 atom stereocenters. The Balaban J connectivity index is 2.09. The van der Waals surface area contributed by atoms with Crippen LogP contribution in [0.1, 0.15) is 36.8 Å². The van der Waals surface area contributed by atoms with Crippen molar-refractivity contribution < 1.29 is 0 Å². The molecule has 2 unspecified atom stereocenters. The highest BCUT2D eigenvalue weighted by Crippen LogP contribution is 2.41. The highest BCUT2D eigenvalue weighted by molar-refractivity contribution is 5.27. The maximum atomic E-state index is 5.72. The van der Waals surface area contributed by atoms with Crippen molar-refractivity contribution in [2.24, 2.45) is 11.7 Å². The zero-order chi connectivity index (χ0) is 9.97. The van der Waals surface area contributed by atoms with Crippen LogP contribution in [0.4, 0.5) is 0 Å². The van der Waals surface area contributed by atoms with Gasteiger partial charge in [0.25, 0.3) is 0 Å². The summed E-state index contributed by atoms with van der Waals surface area (Å²) in [6.45, 7) is 3.04. The highest BCUT2D eigenvalue weighted by atomic mass is 14.6. The van der Waals surface area contributed by atoms with Gasteiger partial charge >= 0.3 is 0 Å². The lowest BCUT2D eigenvalue weighted by molar-refractivity contribution is 0.263. The molecule has 1 aromatic carbocycles. The molecular formula is C13H19N. The molecule has 1 heteroatoms. The van der Waals surface area contributed by atoms with Gasteiger partial charge < -0.3 is 5.73 Å². The number of aryl methyl sites for hydroxylation is 1. The van der Waals surface area contributed by atoms with Crippen molar-refractivity contribution in [3.05, 3.63) is 35.4 Å². The Morgan fingerprint density at radius 1 is 1.21 bits per heavy atom. The molecule has 0 saturated heterocycles. The lowest BCUT2D eigenvalue weighted by Crippen LogP contribution is -2.30. The van der Waals surface area contributed by atoms with E-state index in [1.54, 1.807) is 0 Å². The summed E-state index contributed by atoms with van der Waals surface area (Å²) in [6.07, 6.45) is 3.77. The average Bonchev–Trinajstić information content (AvgIpc) is 2.18. The molecule has 0 amide bonds. The van der Waals surface area contributed by atoms with Gasteiger partial charge in [-0.15, -0.1) is 0 Å². The van der Waals surface area contributed by atoms with Crippen LogP contribution in [0.3, 0.4) is 0 Å². The van der Waals surface area contributed by atoms with Gasteiger partial charge in [-0.05, 0) is 48.8 Å². The van der Waals surface area contributed by atoms with E-state index < -0.39 is 0 Å². The largest absolute Gasteiger partial charge is 0.330 e. The van der Waals surface area contributed by atoms with Crippen molar-refractivity contribution in [1.29, 1.82) is 0 Å². The average molecular weight is 189 g/mol. The fraction of sp³-hybridized carbons (Fsp3) is 0.538. The number of hydrogen-bond acceptors (Lipinski definition) is 1. The minimum atomic E-state index is 0.738. The molecule has 1 saturated carbocycles. The van der Waals surface area contributed by atoms with E-state index in [1.807, 2.05) is 0 Å². The molecule has 76 valence electrons. The first-order chi connectivity index (χ1) is 6.85. The van der Waals surface area contributed by atoms with E-state index in [-0.39, 0.29) is 0 Å². The molecule has 0 heterocycles. The molecule has 0 spiro atoms. The van der Waals surface area contributed by atoms with Gasteiger partial charge in [0, 0.05) is 0 Å². The third-order valence-electron chi connectivity index (χ3n) is 3.54. The summed E-state index contributed by atoms with van der Waals surface area (Å²) < 4.78 is 0. The molecule has 2 rings (SSSR count). The fourth-order valence-electron chi connectivity index (χ4n) is 2.29. The van der Waals surface area contributed by atoms with Gasteiger partial charge in [0.2, 0.25) is 0 Å². The lowest BCUT2D eigenvalue weighted by Gasteiger charge is -2.36. The molecule has 1 aliphatic rings. The van der Waals surface area contributed by atoms with Crippen molar-refractivity contribution in [2.75, 3.05) is 6.54 Å². The number of nitrogens with two attached hydrogens (primary N) is 1. The first kappa shape index (κ1) is 9.72. The topological polar surface area (TPSA) is 26.0 Å². The third kappa shape index (κ3) is 1.69. The summed E-state index contributed by atoms with van der Waals surface area (Å²) in [4.78, 5) is 0. The number of rotatable bonds is 3. The molecule has 1 aliphatic carbocycles. The standard InChI is InChI=1S/C13H19N/c1-2-10-3-5-11(6-4-10)13-8-7-12(13)9-14/h3-6,12-13H,2,7-9,14H2,1H3. The first-order valence-electron chi connectivity index (χ1n) is 5.64. The second-order valence-electron chi connectivity index (χ2n) is 4.27. The van der Waals surface area contributed by atoms with Gasteiger partial charge in [-0.25, -0.2) is 0 Å². The zero-order valence-electron chi connectivity index (χ0n) is 8.87. The Hall–Kier alpha value is -0.820. The van der Waals surface area contributed by atoms with Crippen molar-refractivity contribution in [3.63, 3.8) is 0 Å². The van der Waals surface area contributed by atoms with E-state index in [4.69, 9.17) is 5.73 Å². The van der Waals surface area contributed by atoms with Gasteiger partial charge in [0.15, 0.2) is 0 Å². The molecule has 14 heavy (non-hydrogen) atoms. The summed E-state index contributed by atoms with van der Waals surface area (Å²) in [7, 11) is 0. The van der Waals surface area contributed by atoms with Crippen molar-refractivity contribution in [3.8, 4) is 0 Å². The third-order valence-corrected chi connectivity index (χ3v) is 3.54. The summed E-state index contributed by atoms with van der Waals surface area (Å²) in [5.74, 6) is 1.48. The van der Waals surface area contributed by atoms with Gasteiger partial charge in [-0.1, -0.05) is 31.2 Å². The van der Waals surface area contributed by atoms with Gasteiger partial charge in [0.1, 0.15) is 0 Å². The molecule has 2 N–H and O–H groups in total. The smallest absolute Gasteiger partial charge is 0.00430 e. The fourth-order valence-corrected chi connectivity index (χ4v) is 2.29. The molecular weight excluding hydrogens is 170 g/mol. The maximum absolute atomic E-state index is 5.72. The first-order valence-corrected chi connectivity index (χ1v) is 5.64. The molecule has 1 aromatic rings. The Bertz CT molecular complexity index is 287. The van der Waals surface area contributed by atoms with Crippen LogP contribution < -0.4 is 5.73 Å². The molecule has 0 bridgehead atoms. The predicted octanol–water partition coefficient (Wildman–Crippen LogP) is 2.70. The van der Waals surface area contributed by atoms with Crippen LogP contribution in [0.5, 0.6) is 0 Å². The second-order valence-corrected chi connectivity index (χ2v) is 4.27. The number of hydrogen-bond donors (Lipinski definition) is 1. The van der Waals surface area contributed by atoms with Gasteiger partial charge in [0.05, 0.1) is 0 Å². The summed E-state index contributed by atoms with van der Waals surface area (Å²) >= 11 is 0. The predicted molar refractivity (Wildman–Crippen MR) is 60.3 cm³/mol. The van der Waals surface area contributed by atoms with Crippen LogP contribution in [-0.2, 0) is 6.42 Å². The van der Waals surface area contributed by atoms with E-state index in [0.717, 1.165) is 24.8 Å². The van der Waals surface area contributed by atoms with Crippen molar-refractivity contribution >= 4 is 0 Å². The van der Waals surface area contributed by atoms with E-state index in [0.29, 0.717) is 0 Å². The molecule has 0 aromatic heterocycles. The molecule has 1 nitrogen and oxygen atoms in total. The maximum Gasteiger partial charge on any atom is -0.00430 e. The Labute approximate surface area is 86.3 Å². The molecule has 1 fully saturated rings. The normalized spacial score (nSPS) is 25.9. The van der Waals surface area contributed by atoms with E-state index in [9.17, 15) is 0 Å². The second kappa shape index (κ2) is 4.14. The van der Waals surface area contributed by atoms with Crippen LogP contribution in [0.15, 0.2) is 24.3 Å². The van der Waals surface area contributed by atoms with Crippen molar-refractivity contribution in [2.45, 2.75) is 32.1 Å². The van der Waals surface area contributed by atoms with Gasteiger partial charge in [-0.2, -0.15) is 0 Å². The summed E-state index contributed by atoms with van der Waals surface area (Å²) in [6, 6.07) is 9.07. The van der Waals surface area contributed by atoms with Crippen molar-refractivity contribution in [1.82, 2.24) is 0 Å². The summed E-state index contributed by atoms with van der Waals surface area (Å²) in [5.41, 5.74) is 8.64. The summed E-state index contributed by atoms with van der Waals surface area (Å²) in [5, 5.41) is 0. The Morgan fingerprint density at radius 2 is 1.93 bits per heavy atom. The minimum absolute atomic E-state index is 0.738. The Kier molecular flexibility index (Phi) is 2.87. The zero-order valence-corrected chi connectivity index (χ0v) is 8.87. The monoisotopic (exact) mass is 189 g/mol. The quantitative estimate of drug-likeness (QED) is 0.777. The van der Waals surface area contributed by atoms with E-state index >= 15 is 0 Å². The minimum Gasteiger partial charge on any atom is -0.330 e. The SMILES string of the molecule is CCc1ccc(C2CCC2CN)cc1. The van der Waals surface area contributed by atoms with Crippen LogP contribution in [0.2, 0.25) is 0 Å².